The summed E-state index contributed by atoms with van der Waals surface area (Å²) in [5.74, 6) is -0.0498. The lowest BCUT2D eigenvalue weighted by atomic mass is 10.1. The zero-order valence-corrected chi connectivity index (χ0v) is 12.2. The van der Waals surface area contributed by atoms with Crippen LogP contribution in [-0.4, -0.2) is 5.91 Å². The summed E-state index contributed by atoms with van der Waals surface area (Å²) in [6.07, 6.45) is 0. The first-order valence-corrected chi connectivity index (χ1v) is 6.73. The highest BCUT2D eigenvalue weighted by atomic mass is 16.1. The van der Waals surface area contributed by atoms with Crippen LogP contribution in [0.1, 0.15) is 23.6 Å². The lowest BCUT2D eigenvalue weighted by molar-refractivity contribution is -0.114. The van der Waals surface area contributed by atoms with Gasteiger partial charge in [-0.25, -0.2) is 0 Å². The lowest BCUT2D eigenvalue weighted by Gasteiger charge is -2.12. The highest BCUT2D eigenvalue weighted by Crippen LogP contribution is 2.19. The van der Waals surface area contributed by atoms with Crippen molar-refractivity contribution in [3.63, 3.8) is 0 Å². The maximum atomic E-state index is 11.0. The van der Waals surface area contributed by atoms with Crippen LogP contribution in [0.5, 0.6) is 0 Å². The van der Waals surface area contributed by atoms with Crippen LogP contribution in [0, 0.1) is 13.8 Å². The van der Waals surface area contributed by atoms with Crippen molar-refractivity contribution in [2.24, 2.45) is 0 Å². The van der Waals surface area contributed by atoms with Gasteiger partial charge in [-0.2, -0.15) is 0 Å². The van der Waals surface area contributed by atoms with Crippen LogP contribution in [0.25, 0.3) is 0 Å². The fourth-order valence-electron chi connectivity index (χ4n) is 2.05. The molecule has 2 N–H and O–H groups in total. The van der Waals surface area contributed by atoms with Gasteiger partial charge in [0.15, 0.2) is 0 Å². The molecule has 3 heteroatoms. The van der Waals surface area contributed by atoms with Gasteiger partial charge < -0.3 is 10.6 Å². The summed E-state index contributed by atoms with van der Waals surface area (Å²) in [4.78, 5) is 11.0. The average Bonchev–Trinajstić information content (AvgIpc) is 2.41. The predicted molar refractivity (Wildman–Crippen MR) is 84.0 cm³/mol. The van der Waals surface area contributed by atoms with Crippen LogP contribution in [-0.2, 0) is 11.3 Å². The number of hydrogen-bond acceptors (Lipinski definition) is 2. The first-order chi connectivity index (χ1) is 9.56. The molecule has 0 bridgehead atoms. The van der Waals surface area contributed by atoms with Crippen molar-refractivity contribution in [3.05, 3.63) is 59.2 Å². The molecule has 20 heavy (non-hydrogen) atoms. The smallest absolute Gasteiger partial charge is 0.221 e. The minimum atomic E-state index is -0.0498. The summed E-state index contributed by atoms with van der Waals surface area (Å²) in [7, 11) is 0. The highest BCUT2D eigenvalue weighted by molar-refractivity contribution is 5.88. The second-order valence-electron chi connectivity index (χ2n) is 4.98. The van der Waals surface area contributed by atoms with E-state index in [1.807, 2.05) is 24.3 Å². The third kappa shape index (κ3) is 3.60. The number of amides is 1. The Hall–Kier alpha value is -2.29. The largest absolute Gasteiger partial charge is 0.381 e. The number of hydrogen-bond donors (Lipinski definition) is 2. The quantitative estimate of drug-likeness (QED) is 0.883. The first kappa shape index (κ1) is 14.1. The molecular weight excluding hydrogens is 248 g/mol. The predicted octanol–water partition coefficient (Wildman–Crippen LogP) is 3.87. The number of nitrogens with one attached hydrogen (secondary N) is 2. The summed E-state index contributed by atoms with van der Waals surface area (Å²) < 4.78 is 0. The van der Waals surface area contributed by atoms with E-state index in [0.717, 1.165) is 17.9 Å². The molecule has 0 heterocycles. The van der Waals surface area contributed by atoms with E-state index in [1.54, 1.807) is 0 Å². The van der Waals surface area contributed by atoms with Gasteiger partial charge in [0.25, 0.3) is 0 Å². The van der Waals surface area contributed by atoms with E-state index in [1.165, 1.54) is 23.6 Å². The molecule has 2 rings (SSSR count). The molecule has 3 nitrogen and oxygen atoms in total. The maximum Gasteiger partial charge on any atom is 0.221 e. The van der Waals surface area contributed by atoms with Gasteiger partial charge in [0.2, 0.25) is 5.91 Å². The standard InChI is InChI=1S/C17H20N2O/c1-12-5-4-6-17(13(12)2)18-11-15-7-9-16(10-8-15)19-14(3)20/h4-10,18H,11H2,1-3H3,(H,19,20). The van der Waals surface area contributed by atoms with E-state index in [4.69, 9.17) is 0 Å². The van der Waals surface area contributed by atoms with Gasteiger partial charge in [-0.15, -0.1) is 0 Å². The maximum absolute atomic E-state index is 11.0. The summed E-state index contributed by atoms with van der Waals surface area (Å²) in [6, 6.07) is 14.1. The van der Waals surface area contributed by atoms with Crippen LogP contribution in [0.2, 0.25) is 0 Å². The van der Waals surface area contributed by atoms with Crippen molar-refractivity contribution in [2.75, 3.05) is 10.6 Å². The molecule has 0 aliphatic carbocycles. The summed E-state index contributed by atoms with van der Waals surface area (Å²) in [6.45, 7) is 6.51. The average molecular weight is 268 g/mol. The van der Waals surface area contributed by atoms with Gasteiger partial charge in [0.05, 0.1) is 0 Å². The van der Waals surface area contributed by atoms with Crippen molar-refractivity contribution in [1.82, 2.24) is 0 Å². The molecular formula is C17H20N2O. The molecule has 2 aromatic rings. The highest BCUT2D eigenvalue weighted by Gasteiger charge is 2.01. The summed E-state index contributed by atoms with van der Waals surface area (Å²) in [5, 5.41) is 6.21. The van der Waals surface area contributed by atoms with E-state index in [0.29, 0.717) is 0 Å². The monoisotopic (exact) mass is 268 g/mol. The number of carbonyl (C=O) groups is 1. The Kier molecular flexibility index (Phi) is 4.41. The molecule has 0 aliphatic heterocycles. The lowest BCUT2D eigenvalue weighted by Crippen LogP contribution is -2.06. The van der Waals surface area contributed by atoms with E-state index in [9.17, 15) is 4.79 Å². The number of aryl methyl sites for hydroxylation is 1. The zero-order chi connectivity index (χ0) is 14.5. The molecule has 0 atom stereocenters. The van der Waals surface area contributed by atoms with Gasteiger partial charge in [0.1, 0.15) is 0 Å². The third-order valence-electron chi connectivity index (χ3n) is 3.36. The van der Waals surface area contributed by atoms with Gasteiger partial charge in [-0.1, -0.05) is 24.3 Å². The summed E-state index contributed by atoms with van der Waals surface area (Å²) >= 11 is 0. The van der Waals surface area contributed by atoms with Gasteiger partial charge >= 0.3 is 0 Å². The fraction of sp³-hybridized carbons (Fsp3) is 0.235. The van der Waals surface area contributed by atoms with Crippen LogP contribution in [0.4, 0.5) is 11.4 Å². The third-order valence-corrected chi connectivity index (χ3v) is 3.36. The normalized spacial score (nSPS) is 10.2. The van der Waals surface area contributed by atoms with Crippen LogP contribution < -0.4 is 10.6 Å². The molecule has 104 valence electrons. The van der Waals surface area contributed by atoms with Gasteiger partial charge in [0, 0.05) is 24.8 Å². The Morgan fingerprint density at radius 3 is 2.40 bits per heavy atom. The second-order valence-corrected chi connectivity index (χ2v) is 4.98. The van der Waals surface area contributed by atoms with Crippen LogP contribution >= 0.6 is 0 Å². The number of rotatable bonds is 4. The van der Waals surface area contributed by atoms with Crippen molar-refractivity contribution < 1.29 is 4.79 Å². The molecule has 0 fully saturated rings. The topological polar surface area (TPSA) is 41.1 Å². The number of carbonyl (C=O) groups excluding carboxylic acids is 1. The van der Waals surface area contributed by atoms with E-state index >= 15 is 0 Å². The number of anilines is 2. The van der Waals surface area contributed by atoms with Crippen LogP contribution in [0.15, 0.2) is 42.5 Å². The van der Waals surface area contributed by atoms with E-state index < -0.39 is 0 Å². The van der Waals surface area contributed by atoms with E-state index in [2.05, 4.69) is 42.7 Å². The molecule has 0 saturated carbocycles. The van der Waals surface area contributed by atoms with E-state index in [-0.39, 0.29) is 5.91 Å². The van der Waals surface area contributed by atoms with Gasteiger partial charge in [-0.3, -0.25) is 4.79 Å². The first-order valence-electron chi connectivity index (χ1n) is 6.73. The van der Waals surface area contributed by atoms with Crippen molar-refractivity contribution >= 4 is 17.3 Å². The Morgan fingerprint density at radius 2 is 1.75 bits per heavy atom. The Balaban J connectivity index is 2.00. The number of benzene rings is 2. The van der Waals surface area contributed by atoms with Crippen molar-refractivity contribution in [3.8, 4) is 0 Å². The molecule has 0 aromatic heterocycles. The Bertz CT molecular complexity index is 603. The minimum absolute atomic E-state index is 0.0498. The molecule has 0 radical (unpaired) electrons. The summed E-state index contributed by atoms with van der Waals surface area (Å²) in [5.41, 5.74) is 5.74. The minimum Gasteiger partial charge on any atom is -0.381 e. The molecule has 0 unspecified atom stereocenters. The van der Waals surface area contributed by atoms with Crippen molar-refractivity contribution in [2.45, 2.75) is 27.3 Å². The fourth-order valence-corrected chi connectivity index (χ4v) is 2.05. The molecule has 2 aromatic carbocycles. The zero-order valence-electron chi connectivity index (χ0n) is 12.2. The molecule has 0 spiro atoms. The second kappa shape index (κ2) is 6.24. The van der Waals surface area contributed by atoms with Crippen molar-refractivity contribution in [1.29, 1.82) is 0 Å². The molecule has 0 aliphatic rings. The van der Waals surface area contributed by atoms with Crippen LogP contribution in [0.3, 0.4) is 0 Å². The van der Waals surface area contributed by atoms with Gasteiger partial charge in [-0.05, 0) is 48.7 Å². The Morgan fingerprint density at radius 1 is 1.05 bits per heavy atom. The molecule has 0 saturated heterocycles. The molecule has 1 amide bonds. The Labute approximate surface area is 120 Å². The SMILES string of the molecule is CC(=O)Nc1ccc(CNc2cccc(C)c2C)cc1.